The summed E-state index contributed by atoms with van der Waals surface area (Å²) in [4.78, 5) is 0. The van der Waals surface area contributed by atoms with Gasteiger partial charge in [0.15, 0.2) is 0 Å². The number of aliphatic hydroxyl groups excluding tert-OH is 2. The van der Waals surface area contributed by atoms with Crippen molar-refractivity contribution in [3.05, 3.63) is 33.8 Å². The SMILES string of the molecule is OCC(CO)c1ccc(Cl)c(Cl)c1. The number of hydrogen-bond acceptors (Lipinski definition) is 2. The van der Waals surface area contributed by atoms with Crippen LogP contribution in [-0.4, -0.2) is 23.4 Å². The minimum Gasteiger partial charge on any atom is -0.396 e. The first-order valence-electron chi connectivity index (χ1n) is 3.85. The fourth-order valence-electron chi connectivity index (χ4n) is 1.03. The van der Waals surface area contributed by atoms with E-state index in [1.54, 1.807) is 18.2 Å². The predicted octanol–water partition coefficient (Wildman–Crippen LogP) is 2.06. The molecule has 1 aromatic carbocycles. The molecule has 2 nitrogen and oxygen atoms in total. The van der Waals surface area contributed by atoms with E-state index < -0.39 is 0 Å². The van der Waals surface area contributed by atoms with Crippen LogP contribution in [0.25, 0.3) is 0 Å². The van der Waals surface area contributed by atoms with Crippen LogP contribution in [-0.2, 0) is 0 Å². The lowest BCUT2D eigenvalue weighted by Gasteiger charge is -2.11. The summed E-state index contributed by atoms with van der Waals surface area (Å²) in [5.41, 5.74) is 0.791. The monoisotopic (exact) mass is 220 g/mol. The first kappa shape index (κ1) is 10.8. The van der Waals surface area contributed by atoms with Gasteiger partial charge in [0.1, 0.15) is 0 Å². The van der Waals surface area contributed by atoms with Gasteiger partial charge in [0, 0.05) is 5.92 Å². The van der Waals surface area contributed by atoms with Gasteiger partial charge < -0.3 is 10.2 Å². The summed E-state index contributed by atoms with van der Waals surface area (Å²) in [7, 11) is 0. The van der Waals surface area contributed by atoms with Crippen LogP contribution in [0.5, 0.6) is 0 Å². The summed E-state index contributed by atoms with van der Waals surface area (Å²) in [6.45, 7) is -0.205. The molecule has 0 fully saturated rings. The molecule has 72 valence electrons. The first-order valence-corrected chi connectivity index (χ1v) is 4.61. The summed E-state index contributed by atoms with van der Waals surface area (Å²) < 4.78 is 0. The van der Waals surface area contributed by atoms with Gasteiger partial charge in [-0.25, -0.2) is 0 Å². The third-order valence-electron chi connectivity index (χ3n) is 1.86. The van der Waals surface area contributed by atoms with E-state index in [-0.39, 0.29) is 19.1 Å². The Balaban J connectivity index is 2.95. The highest BCUT2D eigenvalue weighted by molar-refractivity contribution is 6.42. The fraction of sp³-hybridized carbons (Fsp3) is 0.333. The molecular weight excluding hydrogens is 211 g/mol. The number of hydrogen-bond donors (Lipinski definition) is 2. The lowest BCUT2D eigenvalue weighted by molar-refractivity contribution is 0.192. The second kappa shape index (κ2) is 4.82. The van der Waals surface area contributed by atoms with Crippen LogP contribution in [0, 0.1) is 0 Å². The maximum atomic E-state index is 8.90. The summed E-state index contributed by atoms with van der Waals surface area (Å²) >= 11 is 11.5. The topological polar surface area (TPSA) is 40.5 Å². The Morgan fingerprint density at radius 1 is 1.08 bits per heavy atom. The average Bonchev–Trinajstić information content (AvgIpc) is 2.13. The summed E-state index contributed by atoms with van der Waals surface area (Å²) in [5, 5.41) is 18.7. The third kappa shape index (κ3) is 2.58. The maximum Gasteiger partial charge on any atom is 0.0595 e. The highest BCUT2D eigenvalue weighted by atomic mass is 35.5. The number of benzene rings is 1. The minimum atomic E-state index is -0.283. The molecule has 0 amide bonds. The molecule has 0 heterocycles. The largest absolute Gasteiger partial charge is 0.396 e. The molecular formula is C9H10Cl2O2. The molecule has 0 unspecified atom stereocenters. The normalized spacial score (nSPS) is 10.8. The van der Waals surface area contributed by atoms with Gasteiger partial charge in [-0.05, 0) is 17.7 Å². The number of rotatable bonds is 3. The van der Waals surface area contributed by atoms with E-state index in [2.05, 4.69) is 0 Å². The molecule has 0 spiro atoms. The second-order valence-electron chi connectivity index (χ2n) is 2.74. The van der Waals surface area contributed by atoms with Gasteiger partial charge in [0.25, 0.3) is 0 Å². The summed E-state index contributed by atoms with van der Waals surface area (Å²) in [6.07, 6.45) is 0. The zero-order valence-electron chi connectivity index (χ0n) is 6.87. The van der Waals surface area contributed by atoms with Gasteiger partial charge in [-0.15, -0.1) is 0 Å². The van der Waals surface area contributed by atoms with Crippen LogP contribution in [0.3, 0.4) is 0 Å². The minimum absolute atomic E-state index is 0.103. The summed E-state index contributed by atoms with van der Waals surface area (Å²) in [6, 6.07) is 5.05. The third-order valence-corrected chi connectivity index (χ3v) is 2.59. The lowest BCUT2D eigenvalue weighted by atomic mass is 10.0. The molecule has 13 heavy (non-hydrogen) atoms. The van der Waals surface area contributed by atoms with Crippen LogP contribution in [0.4, 0.5) is 0 Å². The van der Waals surface area contributed by atoms with E-state index in [0.717, 1.165) is 5.56 Å². The highest BCUT2D eigenvalue weighted by Crippen LogP contribution is 2.26. The van der Waals surface area contributed by atoms with Crippen molar-refractivity contribution >= 4 is 23.2 Å². The second-order valence-corrected chi connectivity index (χ2v) is 3.55. The Labute approximate surface area is 86.7 Å². The molecule has 0 aliphatic rings. The maximum absolute atomic E-state index is 8.90. The highest BCUT2D eigenvalue weighted by Gasteiger charge is 2.10. The van der Waals surface area contributed by atoms with Crippen LogP contribution in [0.15, 0.2) is 18.2 Å². The van der Waals surface area contributed by atoms with Crippen LogP contribution < -0.4 is 0 Å². The van der Waals surface area contributed by atoms with Crippen LogP contribution in [0.1, 0.15) is 11.5 Å². The number of halogens is 2. The zero-order valence-corrected chi connectivity index (χ0v) is 8.39. The molecule has 0 aliphatic carbocycles. The summed E-state index contributed by atoms with van der Waals surface area (Å²) in [5.74, 6) is -0.283. The first-order chi connectivity index (χ1) is 6.19. The molecule has 0 bridgehead atoms. The van der Waals surface area contributed by atoms with Crippen molar-refractivity contribution in [2.24, 2.45) is 0 Å². The van der Waals surface area contributed by atoms with E-state index >= 15 is 0 Å². The van der Waals surface area contributed by atoms with Crippen LogP contribution >= 0.6 is 23.2 Å². The van der Waals surface area contributed by atoms with Crippen LogP contribution in [0.2, 0.25) is 10.0 Å². The van der Waals surface area contributed by atoms with Gasteiger partial charge in [-0.2, -0.15) is 0 Å². The number of aliphatic hydroxyl groups is 2. The van der Waals surface area contributed by atoms with E-state index in [9.17, 15) is 0 Å². The molecule has 2 N–H and O–H groups in total. The standard InChI is InChI=1S/C9H10Cl2O2/c10-8-2-1-6(3-9(8)11)7(4-12)5-13/h1-3,7,12-13H,4-5H2. The van der Waals surface area contributed by atoms with E-state index in [1.807, 2.05) is 0 Å². The van der Waals surface area contributed by atoms with Crippen molar-refractivity contribution < 1.29 is 10.2 Å². The molecule has 0 saturated heterocycles. The van der Waals surface area contributed by atoms with Crippen molar-refractivity contribution in [1.82, 2.24) is 0 Å². The Bertz CT molecular complexity index is 285. The van der Waals surface area contributed by atoms with Crippen molar-refractivity contribution in [2.45, 2.75) is 5.92 Å². The Kier molecular flexibility index (Phi) is 4.00. The van der Waals surface area contributed by atoms with Gasteiger partial charge in [-0.1, -0.05) is 29.3 Å². The van der Waals surface area contributed by atoms with E-state index in [1.165, 1.54) is 0 Å². The quantitative estimate of drug-likeness (QED) is 0.820. The van der Waals surface area contributed by atoms with Gasteiger partial charge in [0.2, 0.25) is 0 Å². The van der Waals surface area contributed by atoms with Crippen molar-refractivity contribution in [3.8, 4) is 0 Å². The molecule has 1 rings (SSSR count). The van der Waals surface area contributed by atoms with Crippen molar-refractivity contribution in [3.63, 3.8) is 0 Å². The Morgan fingerprint density at radius 3 is 2.15 bits per heavy atom. The fourth-order valence-corrected chi connectivity index (χ4v) is 1.34. The average molecular weight is 221 g/mol. The Hall–Kier alpha value is -0.280. The van der Waals surface area contributed by atoms with Crippen molar-refractivity contribution in [1.29, 1.82) is 0 Å². The zero-order chi connectivity index (χ0) is 9.84. The molecule has 4 heteroatoms. The van der Waals surface area contributed by atoms with Gasteiger partial charge >= 0.3 is 0 Å². The van der Waals surface area contributed by atoms with Gasteiger partial charge in [0.05, 0.1) is 23.3 Å². The molecule has 0 radical (unpaired) electrons. The predicted molar refractivity (Wildman–Crippen MR) is 53.4 cm³/mol. The van der Waals surface area contributed by atoms with E-state index in [0.29, 0.717) is 10.0 Å². The molecule has 0 saturated carbocycles. The van der Waals surface area contributed by atoms with Gasteiger partial charge in [-0.3, -0.25) is 0 Å². The molecule has 0 aromatic heterocycles. The molecule has 1 aromatic rings. The smallest absolute Gasteiger partial charge is 0.0595 e. The molecule has 0 atom stereocenters. The molecule has 0 aliphatic heterocycles. The van der Waals surface area contributed by atoms with E-state index in [4.69, 9.17) is 33.4 Å². The van der Waals surface area contributed by atoms with Crippen molar-refractivity contribution in [2.75, 3.05) is 13.2 Å². The Morgan fingerprint density at radius 2 is 1.69 bits per heavy atom. The lowest BCUT2D eigenvalue weighted by Crippen LogP contribution is -2.08.